The van der Waals surface area contributed by atoms with Crippen molar-refractivity contribution in [3.05, 3.63) is 169 Å². The fourth-order valence-electron chi connectivity index (χ4n) is 6.58. The first-order valence-corrected chi connectivity index (χ1v) is 16.7. The number of benzene rings is 7. The van der Waals surface area contributed by atoms with E-state index < -0.39 is 0 Å². The van der Waals surface area contributed by atoms with E-state index in [1.165, 1.54) is 20.2 Å². The fraction of sp³-hybridized carbons (Fsp3) is 0. The highest BCUT2D eigenvalue weighted by atomic mass is 35.5. The van der Waals surface area contributed by atoms with Crippen LogP contribution in [0.1, 0.15) is 0 Å². The lowest BCUT2D eigenvalue weighted by Crippen LogP contribution is -2.09. The molecule has 0 aliphatic rings. The van der Waals surface area contributed by atoms with E-state index in [0.29, 0.717) is 5.02 Å². The molecule has 0 spiro atoms. The minimum absolute atomic E-state index is 0.667. The molecule has 0 saturated carbocycles. The van der Waals surface area contributed by atoms with Crippen molar-refractivity contribution >= 4 is 99.2 Å². The van der Waals surface area contributed by atoms with Gasteiger partial charge >= 0.3 is 0 Å². The van der Waals surface area contributed by atoms with Crippen LogP contribution in [0, 0.1) is 0 Å². The summed E-state index contributed by atoms with van der Waals surface area (Å²) in [6, 6.07) is 57.2. The maximum absolute atomic E-state index is 6.99. The molecule has 0 N–H and O–H groups in total. The summed E-state index contributed by atoms with van der Waals surface area (Å²) in [6.45, 7) is 0. The Hall–Kier alpha value is -5.55. The summed E-state index contributed by atoms with van der Waals surface area (Å²) in [5.74, 6) is 0. The third-order valence-electron chi connectivity index (χ3n) is 8.67. The first-order chi connectivity index (χ1) is 23.2. The molecule has 9 rings (SSSR count). The molecule has 2 aromatic heterocycles. The number of rotatable bonds is 6. The molecule has 224 valence electrons. The van der Waals surface area contributed by atoms with Gasteiger partial charge in [-0.1, -0.05) is 90.5 Å². The van der Waals surface area contributed by atoms with E-state index in [1.54, 1.807) is 0 Å². The van der Waals surface area contributed by atoms with Crippen LogP contribution in [0.15, 0.2) is 168 Å². The molecule has 2 heterocycles. The first kappa shape index (κ1) is 27.7. The van der Waals surface area contributed by atoms with Gasteiger partial charge in [-0.2, -0.15) is 0 Å². The van der Waals surface area contributed by atoms with Gasteiger partial charge in [-0.15, -0.1) is 11.3 Å². The van der Waals surface area contributed by atoms with Gasteiger partial charge in [0.2, 0.25) is 0 Å². The summed E-state index contributed by atoms with van der Waals surface area (Å²) in [5, 5.41) is 5.10. The van der Waals surface area contributed by atoms with Crippen LogP contribution in [-0.2, 0) is 0 Å². The zero-order valence-electron chi connectivity index (χ0n) is 25.2. The van der Waals surface area contributed by atoms with Gasteiger partial charge < -0.3 is 14.2 Å². The van der Waals surface area contributed by atoms with E-state index in [-0.39, 0.29) is 0 Å². The van der Waals surface area contributed by atoms with E-state index >= 15 is 0 Å². The maximum atomic E-state index is 6.99. The monoisotopic (exact) mass is 642 g/mol. The van der Waals surface area contributed by atoms with Gasteiger partial charge in [-0.3, -0.25) is 0 Å². The summed E-state index contributed by atoms with van der Waals surface area (Å²) < 4.78 is 8.76. The number of hydrogen-bond acceptors (Lipinski definition) is 4. The number of para-hydroxylation sites is 4. The minimum atomic E-state index is 0.667. The summed E-state index contributed by atoms with van der Waals surface area (Å²) in [6.07, 6.45) is 0. The van der Waals surface area contributed by atoms with Crippen LogP contribution >= 0.6 is 22.9 Å². The van der Waals surface area contributed by atoms with E-state index in [9.17, 15) is 0 Å². The molecule has 0 fully saturated rings. The van der Waals surface area contributed by atoms with Crippen molar-refractivity contribution in [2.24, 2.45) is 0 Å². The highest BCUT2D eigenvalue weighted by Crippen LogP contribution is 2.45. The van der Waals surface area contributed by atoms with E-state index in [4.69, 9.17) is 16.0 Å². The first-order valence-electron chi connectivity index (χ1n) is 15.5. The Balaban J connectivity index is 1.19. The van der Waals surface area contributed by atoms with Gasteiger partial charge in [0, 0.05) is 65.4 Å². The second-order valence-electron chi connectivity index (χ2n) is 11.5. The number of hydrogen-bond donors (Lipinski definition) is 0. The Morgan fingerprint density at radius 1 is 0.404 bits per heavy atom. The number of fused-ring (bicyclic) bond motifs is 6. The van der Waals surface area contributed by atoms with Crippen LogP contribution in [-0.4, -0.2) is 0 Å². The molecule has 0 amide bonds. The van der Waals surface area contributed by atoms with Crippen LogP contribution in [0.4, 0.5) is 34.1 Å². The van der Waals surface area contributed by atoms with Crippen LogP contribution in [0.25, 0.3) is 42.1 Å². The third kappa shape index (κ3) is 4.81. The summed E-state index contributed by atoms with van der Waals surface area (Å²) in [5.41, 5.74) is 8.01. The average molecular weight is 643 g/mol. The van der Waals surface area contributed by atoms with Crippen LogP contribution in [0.5, 0.6) is 0 Å². The number of halogens is 1. The highest BCUT2D eigenvalue weighted by molar-refractivity contribution is 7.25. The molecule has 9 aromatic rings. The van der Waals surface area contributed by atoms with Gasteiger partial charge in [-0.05, 0) is 78.9 Å². The van der Waals surface area contributed by atoms with E-state index in [1.807, 2.05) is 41.7 Å². The van der Waals surface area contributed by atoms with Gasteiger partial charge in [0.25, 0.3) is 0 Å². The average Bonchev–Trinajstić information content (AvgIpc) is 3.68. The number of anilines is 6. The Morgan fingerprint density at radius 3 is 1.66 bits per heavy atom. The van der Waals surface area contributed by atoms with Crippen molar-refractivity contribution in [1.29, 1.82) is 0 Å². The smallest absolute Gasteiger partial charge is 0.139 e. The molecule has 0 atom stereocenters. The lowest BCUT2D eigenvalue weighted by atomic mass is 10.1. The van der Waals surface area contributed by atoms with E-state index in [2.05, 4.69) is 143 Å². The molecular weight excluding hydrogens is 616 g/mol. The van der Waals surface area contributed by atoms with Gasteiger partial charge in [0.05, 0.1) is 10.7 Å². The maximum Gasteiger partial charge on any atom is 0.139 e. The van der Waals surface area contributed by atoms with Gasteiger partial charge in [0.15, 0.2) is 0 Å². The van der Waals surface area contributed by atoms with Crippen LogP contribution in [0.2, 0.25) is 5.02 Å². The predicted octanol–water partition coefficient (Wildman–Crippen LogP) is 13.5. The second-order valence-corrected chi connectivity index (χ2v) is 13.0. The molecule has 5 heteroatoms. The normalized spacial score (nSPS) is 11.5. The standard InChI is InChI=1S/C42H27ClN2OS/c43-37-25-33(26-39-42(37)35-18-10-11-19-38(35)46-39)45(30-16-8-3-9-17-30)32-20-22-34-36-24-31(21-23-40(36)47-41(34)27-32)44(28-12-4-1-5-13-28)29-14-6-2-7-15-29/h1-27H. The zero-order valence-corrected chi connectivity index (χ0v) is 26.7. The molecule has 0 radical (unpaired) electrons. The minimum Gasteiger partial charge on any atom is -0.456 e. The predicted molar refractivity (Wildman–Crippen MR) is 201 cm³/mol. The van der Waals surface area contributed by atoms with Crippen molar-refractivity contribution < 1.29 is 4.42 Å². The molecule has 0 aliphatic heterocycles. The number of furan rings is 1. The van der Waals surface area contributed by atoms with Crippen molar-refractivity contribution in [3.63, 3.8) is 0 Å². The second kappa shape index (κ2) is 11.4. The highest BCUT2D eigenvalue weighted by Gasteiger charge is 2.20. The molecule has 0 saturated heterocycles. The third-order valence-corrected chi connectivity index (χ3v) is 10.1. The number of nitrogens with zero attached hydrogens (tertiary/aromatic N) is 2. The van der Waals surface area contributed by atoms with Crippen molar-refractivity contribution in [1.82, 2.24) is 0 Å². The summed E-state index contributed by atoms with van der Waals surface area (Å²) >= 11 is 8.80. The fourth-order valence-corrected chi connectivity index (χ4v) is 8.00. The van der Waals surface area contributed by atoms with Crippen LogP contribution in [0.3, 0.4) is 0 Å². The molecule has 0 bridgehead atoms. The van der Waals surface area contributed by atoms with Crippen molar-refractivity contribution in [2.45, 2.75) is 0 Å². The van der Waals surface area contributed by atoms with Gasteiger partial charge in [-0.25, -0.2) is 0 Å². The largest absolute Gasteiger partial charge is 0.456 e. The topological polar surface area (TPSA) is 19.6 Å². The van der Waals surface area contributed by atoms with E-state index in [0.717, 1.165) is 56.1 Å². The lowest BCUT2D eigenvalue weighted by Gasteiger charge is -2.26. The summed E-state index contributed by atoms with van der Waals surface area (Å²) in [7, 11) is 0. The molecule has 3 nitrogen and oxygen atoms in total. The Morgan fingerprint density at radius 2 is 0.979 bits per heavy atom. The Labute approximate surface area is 281 Å². The zero-order chi connectivity index (χ0) is 31.3. The molecule has 0 aliphatic carbocycles. The molecular formula is C42H27ClN2OS. The Bertz CT molecular complexity index is 2500. The molecule has 7 aromatic carbocycles. The quantitative estimate of drug-likeness (QED) is 0.180. The molecule has 0 unspecified atom stereocenters. The lowest BCUT2D eigenvalue weighted by molar-refractivity contribution is 0.669. The van der Waals surface area contributed by atoms with Gasteiger partial charge in [0.1, 0.15) is 11.2 Å². The summed E-state index contributed by atoms with van der Waals surface area (Å²) in [4.78, 5) is 4.56. The Kier molecular flexibility index (Phi) is 6.70. The SMILES string of the molecule is Clc1cc(N(c2ccccc2)c2ccc3c(c2)sc2ccc(N(c4ccccc4)c4ccccc4)cc23)cc2oc3ccccc3c12. The molecule has 47 heavy (non-hydrogen) atoms. The number of thiophene rings is 1. The van der Waals surface area contributed by atoms with Crippen LogP contribution < -0.4 is 9.80 Å². The van der Waals surface area contributed by atoms with Crippen molar-refractivity contribution in [3.8, 4) is 0 Å². The van der Waals surface area contributed by atoms with Crippen molar-refractivity contribution in [2.75, 3.05) is 9.80 Å².